The minimum Gasteiger partial charge on any atom is -0.492 e. The minimum absolute atomic E-state index is 0.0156. The van der Waals surface area contributed by atoms with Crippen molar-refractivity contribution in [2.75, 3.05) is 7.11 Å². The Morgan fingerprint density at radius 1 is 1.60 bits per heavy atom. The van der Waals surface area contributed by atoms with E-state index in [2.05, 4.69) is 9.72 Å². The number of hydrogen-bond donors (Lipinski definition) is 0. The molecule has 0 spiro atoms. The largest absolute Gasteiger partial charge is 0.492 e. The van der Waals surface area contributed by atoms with Crippen molar-refractivity contribution in [1.29, 1.82) is 5.26 Å². The first-order chi connectivity index (χ1) is 7.11. The quantitative estimate of drug-likeness (QED) is 0.778. The Bertz CT molecular complexity index is 401. The Balaban J connectivity index is 3.27. The highest BCUT2D eigenvalue weighted by atomic mass is 19.3. The summed E-state index contributed by atoms with van der Waals surface area (Å²) in [6, 6.07) is 1.74. The van der Waals surface area contributed by atoms with Crippen LogP contribution >= 0.6 is 0 Å². The van der Waals surface area contributed by atoms with Gasteiger partial charge in [-0.3, -0.25) is 4.98 Å². The summed E-state index contributed by atoms with van der Waals surface area (Å²) in [6.45, 7) is 0. The Hall–Kier alpha value is -1.77. The lowest BCUT2D eigenvalue weighted by molar-refractivity contribution is 0.144. The predicted octanol–water partition coefficient (Wildman–Crippen LogP) is 2.23. The summed E-state index contributed by atoms with van der Waals surface area (Å²) in [5.41, 5.74) is -0.810. The van der Waals surface area contributed by atoms with E-state index in [0.717, 1.165) is 13.3 Å². The van der Waals surface area contributed by atoms with Gasteiger partial charge in [0.2, 0.25) is 0 Å². The van der Waals surface area contributed by atoms with E-state index in [1.165, 1.54) is 0 Å². The second-order valence-electron chi connectivity index (χ2n) is 2.64. The number of hydrogen-bond acceptors (Lipinski definition) is 3. The smallest absolute Gasteiger partial charge is 0.268 e. The van der Waals surface area contributed by atoms with Crippen LogP contribution < -0.4 is 4.74 Å². The third-order valence-corrected chi connectivity index (χ3v) is 1.76. The van der Waals surface area contributed by atoms with Crippen LogP contribution in [0.5, 0.6) is 5.75 Å². The van der Waals surface area contributed by atoms with Crippen molar-refractivity contribution in [3.63, 3.8) is 0 Å². The molecule has 80 valence electrons. The van der Waals surface area contributed by atoms with Crippen LogP contribution in [0, 0.1) is 17.1 Å². The van der Waals surface area contributed by atoms with Crippen molar-refractivity contribution in [1.82, 2.24) is 4.98 Å². The first kappa shape index (κ1) is 11.3. The van der Waals surface area contributed by atoms with E-state index in [9.17, 15) is 13.2 Å². The molecule has 0 radical (unpaired) electrons. The van der Waals surface area contributed by atoms with Gasteiger partial charge in [0, 0.05) is 6.20 Å². The first-order valence-corrected chi connectivity index (χ1v) is 3.98. The molecule has 1 aromatic rings. The fraction of sp³-hybridized carbons (Fsp3) is 0.333. The Labute approximate surface area is 84.1 Å². The number of nitriles is 1. The van der Waals surface area contributed by atoms with E-state index in [1.807, 2.05) is 0 Å². The zero-order chi connectivity index (χ0) is 11.4. The van der Waals surface area contributed by atoms with E-state index in [-0.39, 0.29) is 12.1 Å². The number of ether oxygens (including phenoxy) is 1. The van der Waals surface area contributed by atoms with Crippen LogP contribution in [0.1, 0.15) is 17.7 Å². The fourth-order valence-corrected chi connectivity index (χ4v) is 1.08. The SMILES string of the molecule is COc1c(CC#N)ncc(C(F)F)c1F. The molecule has 0 fully saturated rings. The van der Waals surface area contributed by atoms with Crippen molar-refractivity contribution in [3.8, 4) is 11.8 Å². The zero-order valence-electron chi connectivity index (χ0n) is 7.80. The standard InChI is InChI=1S/C9H7F3N2O/c1-15-8-6(2-3-13)14-4-5(7(8)10)9(11)12/h4,9H,2H2,1H3. The summed E-state index contributed by atoms with van der Waals surface area (Å²) < 4.78 is 42.5. The van der Waals surface area contributed by atoms with Gasteiger partial charge in [0.1, 0.15) is 0 Å². The molecule has 1 heterocycles. The first-order valence-electron chi connectivity index (χ1n) is 3.98. The predicted molar refractivity (Wildman–Crippen MR) is 45.0 cm³/mol. The van der Waals surface area contributed by atoms with Gasteiger partial charge in [0.15, 0.2) is 11.6 Å². The van der Waals surface area contributed by atoms with Gasteiger partial charge in [0.05, 0.1) is 30.9 Å². The summed E-state index contributed by atoms with van der Waals surface area (Å²) >= 11 is 0. The van der Waals surface area contributed by atoms with Crippen molar-refractivity contribution >= 4 is 0 Å². The van der Waals surface area contributed by atoms with Crippen molar-refractivity contribution in [3.05, 3.63) is 23.3 Å². The molecule has 3 nitrogen and oxygen atoms in total. The molecular weight excluding hydrogens is 209 g/mol. The number of methoxy groups -OCH3 is 1. The Morgan fingerprint density at radius 2 is 2.27 bits per heavy atom. The Kier molecular flexibility index (Phi) is 3.50. The van der Waals surface area contributed by atoms with Gasteiger partial charge in [-0.25, -0.2) is 13.2 Å². The van der Waals surface area contributed by atoms with Crippen LogP contribution in [-0.2, 0) is 6.42 Å². The van der Waals surface area contributed by atoms with Crippen molar-refractivity contribution in [2.24, 2.45) is 0 Å². The highest BCUT2D eigenvalue weighted by Gasteiger charge is 2.20. The summed E-state index contributed by atoms with van der Waals surface area (Å²) in [6.07, 6.45) is -2.43. The molecule has 15 heavy (non-hydrogen) atoms. The van der Waals surface area contributed by atoms with Crippen LogP contribution in [0.4, 0.5) is 13.2 Å². The fourth-order valence-electron chi connectivity index (χ4n) is 1.08. The number of nitrogens with zero attached hydrogens (tertiary/aromatic N) is 2. The lowest BCUT2D eigenvalue weighted by Gasteiger charge is -2.09. The van der Waals surface area contributed by atoms with Gasteiger partial charge in [-0.2, -0.15) is 5.26 Å². The molecule has 6 heteroatoms. The van der Waals surface area contributed by atoms with Crippen LogP contribution in [0.25, 0.3) is 0 Å². The average molecular weight is 216 g/mol. The van der Waals surface area contributed by atoms with Crippen molar-refractivity contribution < 1.29 is 17.9 Å². The molecule has 0 amide bonds. The van der Waals surface area contributed by atoms with E-state index >= 15 is 0 Å². The van der Waals surface area contributed by atoms with Gasteiger partial charge in [-0.1, -0.05) is 0 Å². The van der Waals surface area contributed by atoms with Crippen LogP contribution in [0.15, 0.2) is 6.20 Å². The summed E-state index contributed by atoms with van der Waals surface area (Å²) in [5, 5.41) is 8.39. The molecule has 0 aliphatic heterocycles. The van der Waals surface area contributed by atoms with Gasteiger partial charge < -0.3 is 4.74 Å². The normalized spacial score (nSPS) is 10.1. The molecule has 0 aliphatic rings. The van der Waals surface area contributed by atoms with Crippen LogP contribution in [-0.4, -0.2) is 12.1 Å². The molecule has 0 saturated heterocycles. The monoisotopic (exact) mass is 216 g/mol. The third-order valence-electron chi connectivity index (χ3n) is 1.76. The third kappa shape index (κ3) is 2.18. The van der Waals surface area contributed by atoms with E-state index < -0.39 is 23.6 Å². The molecule has 0 unspecified atom stereocenters. The van der Waals surface area contributed by atoms with E-state index in [4.69, 9.17) is 5.26 Å². The molecular formula is C9H7F3N2O. The lowest BCUT2D eigenvalue weighted by Crippen LogP contribution is -2.02. The van der Waals surface area contributed by atoms with Gasteiger partial charge in [-0.15, -0.1) is 0 Å². The van der Waals surface area contributed by atoms with Crippen molar-refractivity contribution in [2.45, 2.75) is 12.8 Å². The summed E-state index contributed by atoms with van der Waals surface area (Å²) in [7, 11) is 1.14. The molecule has 0 aliphatic carbocycles. The maximum atomic E-state index is 13.4. The highest BCUT2D eigenvalue weighted by molar-refractivity contribution is 5.35. The molecule has 1 rings (SSSR count). The highest BCUT2D eigenvalue weighted by Crippen LogP contribution is 2.29. The molecule has 1 aromatic heterocycles. The summed E-state index contributed by atoms with van der Waals surface area (Å²) in [5.74, 6) is -1.55. The maximum Gasteiger partial charge on any atom is 0.268 e. The minimum atomic E-state index is -2.96. The summed E-state index contributed by atoms with van der Waals surface area (Å²) in [4.78, 5) is 3.55. The molecule has 0 aromatic carbocycles. The molecule has 0 saturated carbocycles. The van der Waals surface area contributed by atoms with Gasteiger partial charge >= 0.3 is 0 Å². The number of halogens is 3. The topological polar surface area (TPSA) is 45.9 Å². The van der Waals surface area contributed by atoms with Crippen LogP contribution in [0.3, 0.4) is 0 Å². The van der Waals surface area contributed by atoms with Gasteiger partial charge in [-0.05, 0) is 0 Å². The number of rotatable bonds is 3. The Morgan fingerprint density at radius 3 is 2.73 bits per heavy atom. The number of alkyl halides is 2. The molecule has 0 bridgehead atoms. The lowest BCUT2D eigenvalue weighted by atomic mass is 10.2. The molecule has 0 atom stereocenters. The second kappa shape index (κ2) is 4.64. The molecule has 0 N–H and O–H groups in total. The van der Waals surface area contributed by atoms with E-state index in [0.29, 0.717) is 0 Å². The second-order valence-corrected chi connectivity index (χ2v) is 2.64. The van der Waals surface area contributed by atoms with Crippen LogP contribution in [0.2, 0.25) is 0 Å². The average Bonchev–Trinajstić information content (AvgIpc) is 2.18. The zero-order valence-corrected chi connectivity index (χ0v) is 7.80. The number of aromatic nitrogens is 1. The van der Waals surface area contributed by atoms with E-state index in [1.54, 1.807) is 6.07 Å². The van der Waals surface area contributed by atoms with Gasteiger partial charge in [0.25, 0.3) is 6.43 Å². The maximum absolute atomic E-state index is 13.4. The number of pyridine rings is 1.